The molecule has 0 aromatic heterocycles. The minimum absolute atomic E-state index is 0.419. The monoisotopic (exact) mass is 432 g/mol. The van der Waals surface area contributed by atoms with Crippen molar-refractivity contribution in [3.63, 3.8) is 0 Å². The second-order valence-electron chi connectivity index (χ2n) is 11.6. The fourth-order valence-electron chi connectivity index (χ4n) is 7.88. The third-order valence-electron chi connectivity index (χ3n) is 9.62. The molecule has 176 valence electrons. The van der Waals surface area contributed by atoms with Gasteiger partial charge in [-0.2, -0.15) is 0 Å². The molecule has 0 bridgehead atoms. The van der Waals surface area contributed by atoms with Crippen LogP contribution in [-0.2, 0) is 0 Å². The molecule has 5 unspecified atom stereocenters. The maximum Gasteiger partial charge on any atom is -0.00952 e. The number of unbranched alkanes of at least 4 members (excludes halogenated alkanes) is 2. The van der Waals surface area contributed by atoms with Gasteiger partial charge < -0.3 is 0 Å². The van der Waals surface area contributed by atoms with E-state index in [2.05, 4.69) is 69.9 Å². The summed E-state index contributed by atoms with van der Waals surface area (Å²) >= 11 is 0. The van der Waals surface area contributed by atoms with Crippen molar-refractivity contribution in [3.8, 4) is 0 Å². The van der Waals surface area contributed by atoms with Crippen LogP contribution in [0.1, 0.15) is 97.8 Å². The average molecular weight is 433 g/mol. The van der Waals surface area contributed by atoms with Gasteiger partial charge >= 0.3 is 0 Å². The van der Waals surface area contributed by atoms with Crippen LogP contribution in [0.5, 0.6) is 0 Å². The molecule has 0 aromatic carbocycles. The van der Waals surface area contributed by atoms with Crippen LogP contribution in [0.15, 0.2) is 60.3 Å². The lowest BCUT2D eigenvalue weighted by Gasteiger charge is -2.47. The summed E-state index contributed by atoms with van der Waals surface area (Å²) < 4.78 is 0. The molecule has 0 heterocycles. The maximum atomic E-state index is 4.13. The fraction of sp³-hybridized carbons (Fsp3) is 0.688. The van der Waals surface area contributed by atoms with E-state index >= 15 is 0 Å². The van der Waals surface area contributed by atoms with Gasteiger partial charge in [0, 0.05) is 0 Å². The Kier molecular flexibility index (Phi) is 8.01. The highest BCUT2D eigenvalue weighted by Crippen LogP contribution is 2.63. The van der Waals surface area contributed by atoms with E-state index < -0.39 is 0 Å². The quantitative estimate of drug-likeness (QED) is 0.285. The van der Waals surface area contributed by atoms with E-state index in [0.29, 0.717) is 29.1 Å². The lowest BCUT2D eigenvalue weighted by molar-refractivity contribution is 0.0455. The van der Waals surface area contributed by atoms with E-state index in [1.165, 1.54) is 77.0 Å². The first-order valence-electron chi connectivity index (χ1n) is 14.0. The van der Waals surface area contributed by atoms with Crippen LogP contribution in [0, 0.1) is 40.9 Å². The first-order valence-corrected chi connectivity index (χ1v) is 14.0. The highest BCUT2D eigenvalue weighted by Gasteiger charge is 2.56. The Morgan fingerprint density at radius 2 is 1.41 bits per heavy atom. The van der Waals surface area contributed by atoms with E-state index in [1.807, 2.05) is 0 Å². The molecule has 4 rings (SSSR count). The zero-order valence-electron chi connectivity index (χ0n) is 21.2. The lowest BCUT2D eigenvalue weighted by Crippen LogP contribution is -2.40. The summed E-state index contributed by atoms with van der Waals surface area (Å²) in [6, 6.07) is 0. The summed E-state index contributed by atoms with van der Waals surface area (Å²) in [5.41, 5.74) is 3.66. The Morgan fingerprint density at radius 1 is 0.875 bits per heavy atom. The van der Waals surface area contributed by atoms with Gasteiger partial charge in [0.15, 0.2) is 0 Å². The average Bonchev–Trinajstić information content (AvgIpc) is 3.46. The fourth-order valence-corrected chi connectivity index (χ4v) is 7.88. The molecule has 0 N–H and O–H groups in total. The van der Waals surface area contributed by atoms with Gasteiger partial charge in [0.1, 0.15) is 0 Å². The van der Waals surface area contributed by atoms with Gasteiger partial charge in [0.25, 0.3) is 0 Å². The molecule has 2 fully saturated rings. The summed E-state index contributed by atoms with van der Waals surface area (Å²) in [4.78, 5) is 0. The molecule has 0 amide bonds. The zero-order valence-corrected chi connectivity index (χ0v) is 21.2. The van der Waals surface area contributed by atoms with Crippen molar-refractivity contribution >= 4 is 0 Å². The number of rotatable bonds is 11. The highest BCUT2D eigenvalue weighted by molar-refractivity contribution is 5.36. The molecule has 0 spiro atoms. The van der Waals surface area contributed by atoms with Crippen LogP contribution < -0.4 is 0 Å². The van der Waals surface area contributed by atoms with E-state index in [0.717, 1.165) is 11.8 Å². The molecule has 0 aromatic rings. The van der Waals surface area contributed by atoms with Crippen molar-refractivity contribution < 1.29 is 0 Å². The topological polar surface area (TPSA) is 0 Å². The molecule has 5 atom stereocenters. The summed E-state index contributed by atoms with van der Waals surface area (Å²) in [6.45, 7) is 11.5. The second kappa shape index (κ2) is 10.8. The van der Waals surface area contributed by atoms with Crippen molar-refractivity contribution in [3.05, 3.63) is 60.3 Å². The molecule has 0 heteroatoms. The number of allylic oxidation sites excluding steroid dienone is 9. The molecular weight excluding hydrogens is 384 g/mol. The van der Waals surface area contributed by atoms with Gasteiger partial charge in [-0.15, -0.1) is 6.58 Å². The maximum absolute atomic E-state index is 4.13. The molecule has 4 aliphatic carbocycles. The summed E-state index contributed by atoms with van der Waals surface area (Å²) in [5, 5.41) is 0. The second-order valence-corrected chi connectivity index (χ2v) is 11.6. The van der Waals surface area contributed by atoms with Crippen LogP contribution in [-0.4, -0.2) is 0 Å². The Balaban J connectivity index is 1.73. The molecule has 0 nitrogen and oxygen atoms in total. The first kappa shape index (κ1) is 23.8. The highest BCUT2D eigenvalue weighted by atomic mass is 14.6. The minimum Gasteiger partial charge on any atom is -0.103 e. The number of hydrogen-bond donors (Lipinski definition) is 0. The molecule has 0 saturated heterocycles. The van der Waals surface area contributed by atoms with Gasteiger partial charge in [-0.3, -0.25) is 0 Å². The van der Waals surface area contributed by atoms with Gasteiger partial charge in [0.2, 0.25) is 0 Å². The predicted octanol–water partition coefficient (Wildman–Crippen LogP) is 9.62. The minimum atomic E-state index is 0.419. The summed E-state index contributed by atoms with van der Waals surface area (Å²) in [7, 11) is 0. The molecule has 0 aliphatic heterocycles. The number of hydrogen-bond acceptors (Lipinski definition) is 0. The van der Waals surface area contributed by atoms with Gasteiger partial charge in [-0.05, 0) is 92.3 Å². The zero-order chi connectivity index (χ0) is 22.6. The van der Waals surface area contributed by atoms with Gasteiger partial charge in [-0.25, -0.2) is 0 Å². The summed E-state index contributed by atoms with van der Waals surface area (Å²) in [5.74, 6) is 4.47. The van der Waals surface area contributed by atoms with Gasteiger partial charge in [0.05, 0.1) is 0 Å². The largest absolute Gasteiger partial charge is 0.103 e. The molecule has 2 saturated carbocycles. The predicted molar refractivity (Wildman–Crippen MR) is 140 cm³/mol. The lowest BCUT2D eigenvalue weighted by atomic mass is 9.58. The smallest absolute Gasteiger partial charge is 0.00952 e. The normalized spacial score (nSPS) is 33.4. The molecule has 32 heavy (non-hydrogen) atoms. The van der Waals surface area contributed by atoms with Gasteiger partial charge in [-0.1, -0.05) is 100 Å². The Bertz CT molecular complexity index is 709. The van der Waals surface area contributed by atoms with Crippen molar-refractivity contribution in [1.29, 1.82) is 0 Å². The molecular formula is C32H48. The Morgan fingerprint density at radius 3 is 1.88 bits per heavy atom. The standard InChI is InChI=1S/C32H48/c1-5-8-13-24-17-19-27-28-20-18-25(14-9-6-2)23-30(28)31(29(27)22-24)32(4,21-10-7-3)26-15-11-12-16-26/h7,17-20,22-23,26-31H,3,5-6,8-16,21H2,1-2,4H3. The molecule has 0 radical (unpaired) electrons. The van der Waals surface area contributed by atoms with Crippen LogP contribution >= 0.6 is 0 Å². The third-order valence-corrected chi connectivity index (χ3v) is 9.62. The third kappa shape index (κ3) is 4.67. The van der Waals surface area contributed by atoms with E-state index in [9.17, 15) is 0 Å². The first-order chi connectivity index (χ1) is 15.6. The van der Waals surface area contributed by atoms with E-state index in [1.54, 1.807) is 11.1 Å². The van der Waals surface area contributed by atoms with Crippen LogP contribution in [0.25, 0.3) is 0 Å². The SMILES string of the molecule is C=CCCC(C)(C1CCCC1)C1C2C=C(CCCC)C=CC2C2C=CC(CCCC)=CC21. The Hall–Kier alpha value is -1.30. The van der Waals surface area contributed by atoms with Crippen LogP contribution in [0.3, 0.4) is 0 Å². The van der Waals surface area contributed by atoms with Crippen LogP contribution in [0.2, 0.25) is 0 Å². The van der Waals surface area contributed by atoms with Crippen molar-refractivity contribution in [1.82, 2.24) is 0 Å². The van der Waals surface area contributed by atoms with E-state index in [4.69, 9.17) is 0 Å². The summed E-state index contributed by atoms with van der Waals surface area (Å²) in [6.07, 6.45) is 34.0. The van der Waals surface area contributed by atoms with Crippen molar-refractivity contribution in [2.45, 2.75) is 97.8 Å². The van der Waals surface area contributed by atoms with Crippen molar-refractivity contribution in [2.24, 2.45) is 40.9 Å². The Labute approximate surface area is 199 Å². The van der Waals surface area contributed by atoms with Crippen LogP contribution in [0.4, 0.5) is 0 Å². The number of fused-ring (bicyclic) bond motifs is 3. The molecule has 4 aliphatic rings. The van der Waals surface area contributed by atoms with E-state index in [-0.39, 0.29) is 0 Å². The van der Waals surface area contributed by atoms with Crippen molar-refractivity contribution in [2.75, 3.05) is 0 Å².